The van der Waals surface area contributed by atoms with Gasteiger partial charge in [0.15, 0.2) is 23.2 Å². The van der Waals surface area contributed by atoms with E-state index in [0.717, 1.165) is 12.1 Å². The Morgan fingerprint density at radius 3 is 2.50 bits per heavy atom. The monoisotopic (exact) mass is 270 g/mol. The lowest BCUT2D eigenvalue weighted by Crippen LogP contribution is -2.05. The van der Waals surface area contributed by atoms with Crippen LogP contribution in [-0.2, 0) is 6.61 Å². The van der Waals surface area contributed by atoms with Gasteiger partial charge in [-0.15, -0.1) is 0 Å². The first-order valence-corrected chi connectivity index (χ1v) is 5.51. The maximum Gasteiger partial charge on any atom is 0.191 e. The molecule has 0 fully saturated rings. The van der Waals surface area contributed by atoms with E-state index in [1.165, 1.54) is 6.07 Å². The third-order valence-electron chi connectivity index (χ3n) is 2.13. The summed E-state index contributed by atoms with van der Waals surface area (Å²) in [5.74, 6) is -1.72. The van der Waals surface area contributed by atoms with Gasteiger partial charge in [0.1, 0.15) is 11.8 Å². The van der Waals surface area contributed by atoms with Crippen LogP contribution < -0.4 is 4.74 Å². The van der Waals surface area contributed by atoms with Gasteiger partial charge in [-0.05, 0) is 25.1 Å². The highest BCUT2D eigenvalue weighted by molar-refractivity contribution is 6.29. The molecule has 0 saturated heterocycles. The molecule has 94 valence electrons. The van der Waals surface area contributed by atoms with Crippen molar-refractivity contribution in [3.05, 3.63) is 52.6 Å². The van der Waals surface area contributed by atoms with E-state index >= 15 is 0 Å². The van der Waals surface area contributed by atoms with E-state index in [4.69, 9.17) is 16.3 Å². The van der Waals surface area contributed by atoms with E-state index in [2.05, 4.69) is 9.97 Å². The molecule has 1 aromatic heterocycles. The normalized spacial score (nSPS) is 10.4. The molecule has 0 aliphatic carbocycles. The van der Waals surface area contributed by atoms with Gasteiger partial charge < -0.3 is 4.74 Å². The minimum atomic E-state index is -0.770. The van der Waals surface area contributed by atoms with Crippen LogP contribution in [0.25, 0.3) is 0 Å². The number of hydrogen-bond acceptors (Lipinski definition) is 3. The van der Waals surface area contributed by atoms with Gasteiger partial charge in [-0.3, -0.25) is 0 Å². The molecule has 6 heteroatoms. The predicted molar refractivity (Wildman–Crippen MR) is 62.5 cm³/mol. The highest BCUT2D eigenvalue weighted by Gasteiger charge is 2.10. The molecule has 0 atom stereocenters. The molecule has 3 nitrogen and oxygen atoms in total. The highest BCUT2D eigenvalue weighted by atomic mass is 35.5. The molecule has 0 radical (unpaired) electrons. The molecule has 1 heterocycles. The third-order valence-corrected chi connectivity index (χ3v) is 2.33. The van der Waals surface area contributed by atoms with Gasteiger partial charge in [0.2, 0.25) is 0 Å². The zero-order valence-corrected chi connectivity index (χ0v) is 10.2. The summed E-state index contributed by atoms with van der Waals surface area (Å²) in [6.07, 6.45) is 0. The van der Waals surface area contributed by atoms with Crippen molar-refractivity contribution < 1.29 is 13.5 Å². The fraction of sp³-hybridized carbons (Fsp3) is 0.167. The standard InChI is InChI=1S/C12H9ClF2N2O/c1-7-5-10(13)17-11(16-7)6-18-12-8(14)3-2-4-9(12)15/h2-5H,6H2,1H3. The fourth-order valence-corrected chi connectivity index (χ4v) is 1.67. The summed E-state index contributed by atoms with van der Waals surface area (Å²) in [6.45, 7) is 1.58. The Kier molecular flexibility index (Phi) is 3.72. The number of nitrogens with zero attached hydrogens (tertiary/aromatic N) is 2. The lowest BCUT2D eigenvalue weighted by Gasteiger charge is -2.07. The summed E-state index contributed by atoms with van der Waals surface area (Å²) in [5.41, 5.74) is 0.655. The summed E-state index contributed by atoms with van der Waals surface area (Å²) in [7, 11) is 0. The Labute approximate surface area is 107 Å². The zero-order valence-electron chi connectivity index (χ0n) is 9.45. The first-order valence-electron chi connectivity index (χ1n) is 5.13. The molecule has 2 rings (SSSR count). The number of rotatable bonds is 3. The van der Waals surface area contributed by atoms with Crippen LogP contribution in [0.3, 0.4) is 0 Å². The van der Waals surface area contributed by atoms with Gasteiger partial charge in [0.05, 0.1) is 0 Å². The second-order valence-corrected chi connectivity index (χ2v) is 3.97. The van der Waals surface area contributed by atoms with Gasteiger partial charge in [-0.25, -0.2) is 18.7 Å². The Bertz CT molecular complexity index is 537. The quantitative estimate of drug-likeness (QED) is 0.803. The van der Waals surface area contributed by atoms with Crippen LogP contribution in [0.4, 0.5) is 8.78 Å². The largest absolute Gasteiger partial charge is 0.479 e. The van der Waals surface area contributed by atoms with Crippen LogP contribution in [0.15, 0.2) is 24.3 Å². The molecule has 0 N–H and O–H groups in total. The lowest BCUT2D eigenvalue weighted by atomic mass is 10.3. The SMILES string of the molecule is Cc1cc(Cl)nc(COc2c(F)cccc2F)n1. The second-order valence-electron chi connectivity index (χ2n) is 3.59. The minimum absolute atomic E-state index is 0.154. The highest BCUT2D eigenvalue weighted by Crippen LogP contribution is 2.21. The van der Waals surface area contributed by atoms with Crippen molar-refractivity contribution in [3.63, 3.8) is 0 Å². The zero-order chi connectivity index (χ0) is 13.1. The maximum atomic E-state index is 13.3. The number of benzene rings is 1. The number of ether oxygens (including phenoxy) is 1. The molecule has 0 aliphatic heterocycles. The first kappa shape index (κ1) is 12.7. The van der Waals surface area contributed by atoms with Crippen molar-refractivity contribution in [1.82, 2.24) is 9.97 Å². The van der Waals surface area contributed by atoms with E-state index in [9.17, 15) is 8.78 Å². The summed E-state index contributed by atoms with van der Waals surface area (Å²) >= 11 is 5.74. The van der Waals surface area contributed by atoms with E-state index in [0.29, 0.717) is 5.69 Å². The topological polar surface area (TPSA) is 35.0 Å². The van der Waals surface area contributed by atoms with Crippen LogP contribution >= 0.6 is 11.6 Å². The van der Waals surface area contributed by atoms with Gasteiger partial charge in [0.25, 0.3) is 0 Å². The number of hydrogen-bond donors (Lipinski definition) is 0. The van der Waals surface area contributed by atoms with Crippen LogP contribution in [0.5, 0.6) is 5.75 Å². The number of aryl methyl sites for hydroxylation is 1. The minimum Gasteiger partial charge on any atom is -0.479 e. The smallest absolute Gasteiger partial charge is 0.191 e. The Morgan fingerprint density at radius 1 is 1.22 bits per heavy atom. The summed E-state index contributed by atoms with van der Waals surface area (Å²) in [4.78, 5) is 7.94. The molecule has 2 aromatic rings. The number of para-hydroxylation sites is 1. The lowest BCUT2D eigenvalue weighted by molar-refractivity contribution is 0.265. The van der Waals surface area contributed by atoms with Crippen molar-refractivity contribution in [2.75, 3.05) is 0 Å². The fourth-order valence-electron chi connectivity index (χ4n) is 1.41. The summed E-state index contributed by atoms with van der Waals surface area (Å²) in [5, 5.41) is 0.259. The van der Waals surface area contributed by atoms with Crippen molar-refractivity contribution in [2.24, 2.45) is 0 Å². The molecule has 0 amide bonds. The second kappa shape index (κ2) is 5.27. The van der Waals surface area contributed by atoms with E-state index in [-0.39, 0.29) is 17.6 Å². The third kappa shape index (κ3) is 2.92. The molecular weight excluding hydrogens is 262 g/mol. The van der Waals surface area contributed by atoms with E-state index in [1.54, 1.807) is 13.0 Å². The van der Waals surface area contributed by atoms with Gasteiger partial charge in [-0.2, -0.15) is 0 Å². The molecular formula is C12H9ClF2N2O. The van der Waals surface area contributed by atoms with Crippen molar-refractivity contribution in [2.45, 2.75) is 13.5 Å². The number of aromatic nitrogens is 2. The van der Waals surface area contributed by atoms with Gasteiger partial charge in [-0.1, -0.05) is 17.7 Å². The average molecular weight is 271 g/mol. The average Bonchev–Trinajstić information content (AvgIpc) is 2.27. The molecule has 0 bridgehead atoms. The summed E-state index contributed by atoms with van der Waals surface area (Å²) in [6, 6.07) is 5.07. The Morgan fingerprint density at radius 2 is 1.89 bits per heavy atom. The molecule has 0 aliphatic rings. The molecule has 18 heavy (non-hydrogen) atoms. The molecule has 0 saturated carbocycles. The van der Waals surface area contributed by atoms with Crippen LogP contribution in [0.2, 0.25) is 5.15 Å². The molecule has 0 spiro atoms. The van der Waals surface area contributed by atoms with Crippen LogP contribution in [-0.4, -0.2) is 9.97 Å². The molecule has 1 aromatic carbocycles. The number of halogens is 3. The summed E-state index contributed by atoms with van der Waals surface area (Å²) < 4.78 is 31.6. The van der Waals surface area contributed by atoms with Crippen molar-refractivity contribution in [3.8, 4) is 5.75 Å². The van der Waals surface area contributed by atoms with Gasteiger partial charge >= 0.3 is 0 Å². The predicted octanol–water partition coefficient (Wildman–Crippen LogP) is 3.30. The maximum absolute atomic E-state index is 13.3. The van der Waals surface area contributed by atoms with E-state index < -0.39 is 17.4 Å². The van der Waals surface area contributed by atoms with Crippen molar-refractivity contribution in [1.29, 1.82) is 0 Å². The van der Waals surface area contributed by atoms with Crippen LogP contribution in [0, 0.1) is 18.6 Å². The Hall–Kier alpha value is -1.75. The van der Waals surface area contributed by atoms with Gasteiger partial charge in [0, 0.05) is 5.69 Å². The molecule has 0 unspecified atom stereocenters. The Balaban J connectivity index is 2.16. The van der Waals surface area contributed by atoms with E-state index in [1.807, 2.05) is 0 Å². The van der Waals surface area contributed by atoms with Crippen LogP contribution in [0.1, 0.15) is 11.5 Å². The first-order chi connectivity index (χ1) is 8.56. The van der Waals surface area contributed by atoms with Crippen molar-refractivity contribution >= 4 is 11.6 Å².